The van der Waals surface area contributed by atoms with Crippen molar-refractivity contribution in [3.63, 3.8) is 0 Å². The Bertz CT molecular complexity index is 825. The van der Waals surface area contributed by atoms with Gasteiger partial charge >= 0.3 is 0 Å². The third-order valence-corrected chi connectivity index (χ3v) is 29.9. The van der Waals surface area contributed by atoms with Gasteiger partial charge in [0.05, 0.1) is 0 Å². The van der Waals surface area contributed by atoms with E-state index < -0.39 is 0 Å². The van der Waals surface area contributed by atoms with E-state index >= 15 is 0 Å². The quantitative estimate of drug-likeness (QED) is 0.0228. The molecule has 0 heterocycles. The number of hydrogen-bond acceptors (Lipinski definition) is 21. The Morgan fingerprint density at radius 2 is 0.393 bits per heavy atom. The van der Waals surface area contributed by atoms with E-state index in [1.54, 1.807) is 0 Å². The molecule has 0 bridgehead atoms. The van der Waals surface area contributed by atoms with Crippen LogP contribution in [0.2, 0.25) is 0 Å². The first-order valence-corrected chi connectivity index (χ1v) is 41.7. The summed E-state index contributed by atoms with van der Waals surface area (Å²) in [4.78, 5) is 0. The lowest BCUT2D eigenvalue weighted by Gasteiger charge is -2.16. The Hall–Kier alpha value is 7.35. The molecule has 0 aliphatic heterocycles. The number of hydrogen-bond donors (Lipinski definition) is 7. The lowest BCUT2D eigenvalue weighted by Crippen LogP contribution is -2.11. The highest BCUT2D eigenvalue weighted by Crippen LogP contribution is 2.27. The van der Waals surface area contributed by atoms with Crippen LogP contribution < -0.4 is 0 Å². The van der Waals surface area contributed by atoms with E-state index in [2.05, 4.69) is 241 Å². The molecule has 0 amide bonds. The maximum Gasteiger partial charge on any atom is 0.0146 e. The summed E-state index contributed by atoms with van der Waals surface area (Å²) in [6.45, 7) is 0. The third-order valence-electron chi connectivity index (χ3n) is 8.27. The van der Waals surface area contributed by atoms with Gasteiger partial charge in [0.1, 0.15) is 0 Å². The smallest absolute Gasteiger partial charge is 0.0146 e. The van der Waals surface area contributed by atoms with Crippen LogP contribution in [0.4, 0.5) is 0 Å². The maximum atomic E-state index is 4.59. The molecule has 61 heavy (non-hydrogen) atoms. The number of thioether (sulfide) groups is 14. The van der Waals surface area contributed by atoms with E-state index in [1.807, 2.05) is 11.8 Å². The monoisotopic (exact) mass is 1230 g/mol. The molecule has 21 heteroatoms. The third kappa shape index (κ3) is 50.7. The van der Waals surface area contributed by atoms with Crippen molar-refractivity contribution in [2.24, 2.45) is 0 Å². The number of rotatable bonds is 53. The molecule has 0 rings (SSSR count). The topological polar surface area (TPSA) is 0 Å². The van der Waals surface area contributed by atoms with Crippen LogP contribution in [0.15, 0.2) is 0 Å². The van der Waals surface area contributed by atoms with Crippen molar-refractivity contribution in [3.05, 3.63) is 0 Å². The van der Waals surface area contributed by atoms with Gasteiger partial charge in [-0.2, -0.15) is 253 Å². The van der Waals surface area contributed by atoms with Gasteiger partial charge in [-0.25, -0.2) is 0 Å². The van der Waals surface area contributed by atoms with Crippen LogP contribution in [0.1, 0.15) is 32.1 Å². The Labute approximate surface area is 477 Å². The molecule has 0 spiro atoms. The molecule has 368 valence electrons. The molecule has 0 saturated carbocycles. The highest BCUT2D eigenvalue weighted by atomic mass is 32.2. The summed E-state index contributed by atoms with van der Waals surface area (Å²) in [5.74, 6) is 36.0. The second-order valence-electron chi connectivity index (χ2n) is 13.3. The van der Waals surface area contributed by atoms with Gasteiger partial charge in [-0.15, -0.1) is 0 Å². The minimum absolute atomic E-state index is 0.743. The van der Waals surface area contributed by atoms with Gasteiger partial charge in [0.25, 0.3) is 0 Å². The predicted molar refractivity (Wildman–Crippen MR) is 357 cm³/mol. The first kappa shape index (κ1) is 68.4. The van der Waals surface area contributed by atoms with Crippen molar-refractivity contribution in [2.45, 2.75) is 58.4 Å². The average Bonchev–Trinajstić information content (AvgIpc) is 3.26. The van der Waals surface area contributed by atoms with Crippen molar-refractivity contribution in [1.82, 2.24) is 0 Å². The molecule has 0 aromatic heterocycles. The van der Waals surface area contributed by atoms with Crippen LogP contribution in [-0.4, -0.2) is 199 Å². The van der Waals surface area contributed by atoms with Gasteiger partial charge in [0.2, 0.25) is 0 Å². The molecule has 0 aliphatic rings. The van der Waals surface area contributed by atoms with E-state index in [-0.39, 0.29) is 0 Å². The normalized spacial score (nSPS) is 14.4. The van der Waals surface area contributed by atoms with Crippen molar-refractivity contribution >= 4 is 253 Å². The molecule has 0 aliphatic carbocycles. The summed E-state index contributed by atoms with van der Waals surface area (Å²) in [6, 6.07) is 0. The molecule has 0 aromatic rings. The lowest BCUT2D eigenvalue weighted by molar-refractivity contribution is 0.930. The predicted octanol–water partition coefficient (Wildman–Crippen LogP) is 14.6. The van der Waals surface area contributed by atoms with Crippen molar-refractivity contribution in [3.8, 4) is 0 Å². The van der Waals surface area contributed by atoms with Crippen LogP contribution in [0.25, 0.3) is 0 Å². The van der Waals surface area contributed by atoms with Gasteiger partial charge < -0.3 is 0 Å². The first-order chi connectivity index (χ1) is 30.1. The molecule has 0 saturated heterocycles. The lowest BCUT2D eigenvalue weighted by atomic mass is 10.4. The summed E-state index contributed by atoms with van der Waals surface area (Å²) >= 11 is 61.5. The first-order valence-electron chi connectivity index (χ1n) is 21.6. The average molecular weight is 1240 g/mol. The van der Waals surface area contributed by atoms with Crippen LogP contribution >= 0.6 is 253 Å². The van der Waals surface area contributed by atoms with E-state index in [0.29, 0.717) is 0 Å². The van der Waals surface area contributed by atoms with Crippen LogP contribution in [0, 0.1) is 0 Å². The van der Waals surface area contributed by atoms with E-state index in [9.17, 15) is 0 Å². The summed E-state index contributed by atoms with van der Waals surface area (Å²) in [6.07, 6.45) is 6.13. The summed E-state index contributed by atoms with van der Waals surface area (Å²) in [5, 5.41) is 3.75. The fourth-order valence-corrected chi connectivity index (χ4v) is 25.9. The van der Waals surface area contributed by atoms with Gasteiger partial charge in [-0.1, -0.05) is 0 Å². The van der Waals surface area contributed by atoms with Crippen LogP contribution in [0.3, 0.4) is 0 Å². The van der Waals surface area contributed by atoms with Crippen LogP contribution in [-0.2, 0) is 0 Å². The fourth-order valence-electron chi connectivity index (χ4n) is 5.13. The molecule has 0 N–H and O–H groups in total. The SMILES string of the molecule is SCCSCC(CCS)SCCSCCSCC(CCS)SCCSCCSCC(CCS)SCCSCCSCC(CCS)SCCSCCSCC(CCS)SCCS. The van der Waals surface area contributed by atoms with E-state index in [1.165, 1.54) is 153 Å². The van der Waals surface area contributed by atoms with E-state index in [4.69, 9.17) is 0 Å². The van der Waals surface area contributed by atoms with Gasteiger partial charge in [0.15, 0.2) is 0 Å². The largest absolute Gasteiger partial charge is 0.179 e. The zero-order valence-electron chi connectivity index (χ0n) is 36.5. The molecule has 0 aromatic carbocycles. The summed E-state index contributed by atoms with van der Waals surface area (Å²) in [7, 11) is 0. The molecular weight excluding hydrogens is 1150 g/mol. The van der Waals surface area contributed by atoms with Crippen molar-refractivity contribution in [1.29, 1.82) is 0 Å². The summed E-state index contributed by atoms with van der Waals surface area (Å²) in [5.41, 5.74) is 0. The standard InChI is InChI=1S/C40H82S21/c41-6-1-36(57-14-12-47)32-53-19-15-48-24-28-59-38(3-8-43)34-55-21-17-50-26-30-61-40(5-10-45)35-56-22-18-51-25-29-60-39(4-9-44)33-54-20-16-49-23-27-58-37(2-7-42)31-52-13-11-46/h36-47H,1-35H2. The van der Waals surface area contributed by atoms with Gasteiger partial charge in [-0.05, 0) is 72.4 Å². The fraction of sp³-hybridized carbons (Fsp3) is 1.00. The highest BCUT2D eigenvalue weighted by Gasteiger charge is 2.13. The maximum absolute atomic E-state index is 4.59. The van der Waals surface area contributed by atoms with Crippen LogP contribution in [0.5, 0.6) is 0 Å². The van der Waals surface area contributed by atoms with Crippen molar-refractivity contribution in [2.75, 3.05) is 173 Å². The molecule has 0 nitrogen and oxygen atoms in total. The Morgan fingerprint density at radius 1 is 0.197 bits per heavy atom. The molecule has 0 fully saturated rings. The number of thiol groups is 7. The van der Waals surface area contributed by atoms with Crippen molar-refractivity contribution < 1.29 is 0 Å². The van der Waals surface area contributed by atoms with Gasteiger partial charge in [-0.3, -0.25) is 0 Å². The molecular formula is C40H82S21. The Balaban J connectivity index is 3.87. The minimum atomic E-state index is 0.743. The summed E-state index contributed by atoms with van der Waals surface area (Å²) < 4.78 is 0. The second kappa shape index (κ2) is 58.2. The zero-order valence-corrected chi connectivity index (χ0v) is 54.2. The Kier molecular flexibility index (Phi) is 65.3. The van der Waals surface area contributed by atoms with Gasteiger partial charge in [0, 0.05) is 159 Å². The zero-order chi connectivity index (χ0) is 44.5. The molecule has 0 radical (unpaired) electrons. The highest BCUT2D eigenvalue weighted by molar-refractivity contribution is 8.08. The molecule has 5 unspecified atom stereocenters. The molecule has 5 atom stereocenters. The Morgan fingerprint density at radius 3 is 0.623 bits per heavy atom. The minimum Gasteiger partial charge on any atom is -0.179 e. The van der Waals surface area contributed by atoms with E-state index in [0.717, 1.165) is 78.0 Å². The second-order valence-corrected chi connectivity index (χ2v) is 34.1.